The molecule has 1 radical (unpaired) electrons. The lowest BCUT2D eigenvalue weighted by molar-refractivity contribution is 0.0596. The smallest absolute Gasteiger partial charge is 0.338 e. The Morgan fingerprint density at radius 3 is 1.94 bits per heavy atom. The number of rotatable bonds is 13. The number of carbonyl (C=O) groups is 1. The zero-order valence-electron chi connectivity index (χ0n) is 29.6. The van der Waals surface area contributed by atoms with Gasteiger partial charge in [-0.15, -0.1) is 0 Å². The molecule has 0 aliphatic rings. The van der Waals surface area contributed by atoms with Crippen molar-refractivity contribution in [1.82, 2.24) is 9.55 Å². The van der Waals surface area contributed by atoms with Crippen LogP contribution >= 0.6 is 0 Å². The first-order valence-electron chi connectivity index (χ1n) is 17.1. The van der Waals surface area contributed by atoms with Crippen LogP contribution in [0.5, 0.6) is 0 Å². The minimum absolute atomic E-state index is 0.280. The summed E-state index contributed by atoms with van der Waals surface area (Å²) in [5, 5.41) is 2.30. The Kier molecular flexibility index (Phi) is 11.5. The van der Waals surface area contributed by atoms with Crippen molar-refractivity contribution in [1.29, 1.82) is 0 Å². The monoisotopic (exact) mass is 715 g/mol. The van der Waals surface area contributed by atoms with Gasteiger partial charge < -0.3 is 18.5 Å². The number of nitrogens with zero attached hydrogens (tertiary/aromatic N) is 2. The van der Waals surface area contributed by atoms with Crippen LogP contribution in [0.3, 0.4) is 0 Å². The molecule has 6 nitrogen and oxygen atoms in total. The Labute approximate surface area is 305 Å². The van der Waals surface area contributed by atoms with Gasteiger partial charge in [-0.2, -0.15) is 0 Å². The zero-order valence-corrected chi connectivity index (χ0v) is 30.6. The summed E-state index contributed by atoms with van der Waals surface area (Å²) < 4.78 is 48.8. The van der Waals surface area contributed by atoms with Crippen LogP contribution < -0.4 is 10.4 Å². The Balaban J connectivity index is 1.30. The average Bonchev–Trinajstić information content (AvgIpc) is 3.62. The Morgan fingerprint density at radius 1 is 0.788 bits per heavy atom. The zero-order chi connectivity index (χ0) is 36.7. The van der Waals surface area contributed by atoms with Crippen LogP contribution in [0.15, 0.2) is 140 Å². The van der Waals surface area contributed by atoms with Crippen LogP contribution in [0.25, 0.3) is 11.1 Å². The van der Waals surface area contributed by atoms with Gasteiger partial charge in [0, 0.05) is 18.9 Å². The molecule has 9 heteroatoms. The van der Waals surface area contributed by atoms with E-state index in [4.69, 9.17) is 18.9 Å². The van der Waals surface area contributed by atoms with Crippen LogP contribution in [0.2, 0.25) is 0 Å². The number of imidazole rings is 1. The molecule has 5 aromatic carbocycles. The normalized spacial score (nSPS) is 12.8. The highest BCUT2D eigenvalue weighted by Gasteiger charge is 2.35. The molecule has 52 heavy (non-hydrogen) atoms. The van der Waals surface area contributed by atoms with E-state index in [2.05, 4.69) is 49.6 Å². The number of halogens is 2. The molecule has 1 aromatic heterocycles. The predicted octanol–water partition coefficient (Wildman–Crippen LogP) is 8.33. The topological polar surface area (TPSA) is 62.6 Å². The highest BCUT2D eigenvalue weighted by molar-refractivity contribution is 6.80. The first-order chi connectivity index (χ1) is 25.1. The summed E-state index contributed by atoms with van der Waals surface area (Å²) in [6.45, 7) is 7.21. The van der Waals surface area contributed by atoms with Crippen molar-refractivity contribution in [3.63, 3.8) is 0 Å². The summed E-state index contributed by atoms with van der Waals surface area (Å²) in [6, 6.07) is 38.1. The third-order valence-electron chi connectivity index (χ3n) is 8.77. The van der Waals surface area contributed by atoms with Gasteiger partial charge in [-0.3, -0.25) is 0 Å². The van der Waals surface area contributed by atoms with Crippen molar-refractivity contribution in [3.05, 3.63) is 174 Å². The van der Waals surface area contributed by atoms with Crippen LogP contribution in [-0.2, 0) is 20.4 Å². The van der Waals surface area contributed by atoms with Gasteiger partial charge in [0.05, 0.1) is 19.3 Å². The first-order valence-corrected chi connectivity index (χ1v) is 18.5. The van der Waals surface area contributed by atoms with E-state index in [1.807, 2.05) is 48.7 Å². The van der Waals surface area contributed by atoms with E-state index in [9.17, 15) is 13.6 Å². The van der Waals surface area contributed by atoms with E-state index < -0.39 is 21.1 Å². The van der Waals surface area contributed by atoms with E-state index in [1.54, 1.807) is 42.6 Å². The molecule has 0 aliphatic carbocycles. The van der Waals surface area contributed by atoms with Gasteiger partial charge in [-0.25, -0.2) is 18.6 Å². The highest BCUT2D eigenvalue weighted by atomic mass is 28.3. The number of carbonyl (C=O) groups excluding carboxylic acids is 1. The number of hydrogen-bond donors (Lipinski definition) is 0. The number of ether oxygens (including phenoxy) is 2. The predicted molar refractivity (Wildman–Crippen MR) is 201 cm³/mol. The number of benzene rings is 5. The molecule has 0 saturated carbocycles. The lowest BCUT2D eigenvalue weighted by Gasteiger charge is -2.34. The minimum atomic E-state index is -1.64. The number of hydrogen-bond acceptors (Lipinski definition) is 5. The molecule has 265 valence electrons. The quantitative estimate of drug-likeness (QED) is 0.0890. The third kappa shape index (κ3) is 8.62. The Morgan fingerprint density at radius 2 is 1.37 bits per heavy atom. The molecule has 0 fully saturated rings. The molecular weight excluding hydrogens is 675 g/mol. The lowest BCUT2D eigenvalue weighted by Crippen LogP contribution is -2.47. The van der Waals surface area contributed by atoms with E-state index in [0.717, 1.165) is 27.3 Å². The fraction of sp³-hybridized carbons (Fsp3) is 0.209. The van der Waals surface area contributed by atoms with Gasteiger partial charge in [0.25, 0.3) is 9.04 Å². The largest absolute Gasteiger partial charge is 0.465 e. The summed E-state index contributed by atoms with van der Waals surface area (Å²) in [7, 11) is -0.321. The van der Waals surface area contributed by atoms with E-state index >= 15 is 0 Å². The molecule has 1 heterocycles. The third-order valence-corrected chi connectivity index (χ3v) is 11.0. The van der Waals surface area contributed by atoms with Crippen LogP contribution in [0, 0.1) is 17.0 Å². The maximum Gasteiger partial charge on any atom is 0.338 e. The first kappa shape index (κ1) is 36.6. The van der Waals surface area contributed by atoms with Crippen molar-refractivity contribution in [2.45, 2.75) is 39.5 Å². The van der Waals surface area contributed by atoms with E-state index in [1.165, 1.54) is 31.4 Å². The second-order valence-corrected chi connectivity index (χ2v) is 15.6. The van der Waals surface area contributed by atoms with Gasteiger partial charge in [0.1, 0.15) is 29.7 Å². The van der Waals surface area contributed by atoms with Crippen molar-refractivity contribution in [2.75, 3.05) is 13.7 Å². The fourth-order valence-corrected chi connectivity index (χ4v) is 8.43. The second-order valence-electron chi connectivity index (χ2n) is 13.5. The molecule has 2 atom stereocenters. The minimum Gasteiger partial charge on any atom is -0.465 e. The maximum atomic E-state index is 14.1. The van der Waals surface area contributed by atoms with E-state index in [-0.39, 0.29) is 29.8 Å². The molecular formula is C43H41F2N2O4Si. The summed E-state index contributed by atoms with van der Waals surface area (Å²) in [4.78, 5) is 17.6. The molecule has 2 unspecified atom stereocenters. The van der Waals surface area contributed by atoms with Gasteiger partial charge in [-0.1, -0.05) is 112 Å². The van der Waals surface area contributed by atoms with Crippen molar-refractivity contribution < 1.29 is 27.5 Å². The van der Waals surface area contributed by atoms with Crippen molar-refractivity contribution >= 4 is 25.4 Å². The van der Waals surface area contributed by atoms with E-state index in [0.29, 0.717) is 23.2 Å². The molecule has 6 rings (SSSR count). The summed E-state index contributed by atoms with van der Waals surface area (Å²) in [5.41, 5.74) is 2.72. The van der Waals surface area contributed by atoms with Crippen molar-refractivity contribution in [2.24, 2.45) is 5.41 Å². The van der Waals surface area contributed by atoms with Crippen LogP contribution in [-0.4, -0.2) is 38.3 Å². The second kappa shape index (κ2) is 16.4. The average molecular weight is 716 g/mol. The van der Waals surface area contributed by atoms with Gasteiger partial charge in [0.15, 0.2) is 0 Å². The highest BCUT2D eigenvalue weighted by Crippen LogP contribution is 2.37. The van der Waals surface area contributed by atoms with Gasteiger partial charge >= 0.3 is 5.97 Å². The Hall–Kier alpha value is -5.22. The molecule has 0 saturated heterocycles. The summed E-state index contributed by atoms with van der Waals surface area (Å²) >= 11 is 0. The van der Waals surface area contributed by atoms with Gasteiger partial charge in [0.2, 0.25) is 0 Å². The number of aromatic nitrogens is 2. The van der Waals surface area contributed by atoms with Crippen LogP contribution in [0.4, 0.5) is 8.78 Å². The molecule has 0 aliphatic heterocycles. The molecule has 0 spiro atoms. The molecule has 0 bridgehead atoms. The lowest BCUT2D eigenvalue weighted by atomic mass is 9.88. The maximum absolute atomic E-state index is 14.1. The SMILES string of the molecule is COC(=O)c1ccc(C(OCCn2ccnc2C(O[Si](c2ccccc2)c2ccccc2)C(C)(C)C)c2ccc(F)cc2)cc1-c1ccc(F)cc1. The fourth-order valence-electron chi connectivity index (χ4n) is 6.14. The standard InChI is InChI=1S/C43H41F2N2O4Si/c1-43(2,3)40(51-52(35-11-7-5-8-12-35)36-13-9-6-10-14-36)41-46-25-26-47(41)27-28-50-39(31-17-22-34(45)23-18-31)32-19-24-37(42(48)49-4)38(29-32)30-15-20-33(44)21-16-30/h5-26,29,39-40H,27-28H2,1-4H3. The van der Waals surface area contributed by atoms with Crippen molar-refractivity contribution in [3.8, 4) is 11.1 Å². The molecule has 0 amide bonds. The summed E-state index contributed by atoms with van der Waals surface area (Å²) in [5.74, 6) is -0.469. The molecule has 0 N–H and O–H groups in total. The number of esters is 1. The Bertz CT molecular complexity index is 2030. The van der Waals surface area contributed by atoms with Crippen LogP contribution in [0.1, 0.15) is 60.3 Å². The molecule has 6 aromatic rings. The number of methoxy groups -OCH3 is 1. The van der Waals surface area contributed by atoms with Gasteiger partial charge in [-0.05, 0) is 74.4 Å². The summed E-state index contributed by atoms with van der Waals surface area (Å²) in [6.07, 6.45) is 2.77.